The van der Waals surface area contributed by atoms with Crippen molar-refractivity contribution in [3.05, 3.63) is 11.6 Å². The van der Waals surface area contributed by atoms with E-state index in [1.165, 1.54) is 0 Å². The first kappa shape index (κ1) is 29.5. The van der Waals surface area contributed by atoms with Crippen molar-refractivity contribution in [1.82, 2.24) is 0 Å². The third kappa shape index (κ3) is 4.44. The van der Waals surface area contributed by atoms with E-state index < -0.39 is 10.8 Å². The largest absolute Gasteiger partial charge is 0.299 e. The summed E-state index contributed by atoms with van der Waals surface area (Å²) in [5.41, 5.74) is -1.23. The minimum Gasteiger partial charge on any atom is -0.299 e. The number of nitriles is 1. The predicted octanol–water partition coefficient (Wildman–Crippen LogP) is 8.22. The number of carbonyl (C=O) groups is 3. The van der Waals surface area contributed by atoms with Crippen LogP contribution in [0.5, 0.6) is 0 Å². The van der Waals surface area contributed by atoms with E-state index in [-0.39, 0.29) is 56.0 Å². The van der Waals surface area contributed by atoms with E-state index in [0.717, 1.165) is 51.4 Å². The number of nitrogens with zero attached hydrogens (tertiary/aromatic N) is 1. The Morgan fingerprint density at radius 3 is 2.13 bits per heavy atom. The maximum absolute atomic E-state index is 14.2. The Hall–Kier alpha value is -1.47. The molecule has 4 aliphatic carbocycles. The predicted molar refractivity (Wildman–Crippen MR) is 151 cm³/mol. The van der Waals surface area contributed by atoms with Crippen molar-refractivity contribution in [1.29, 1.82) is 5.26 Å². The van der Waals surface area contributed by atoms with Gasteiger partial charge < -0.3 is 0 Å². The minimum absolute atomic E-state index is 0.0186. The summed E-state index contributed by atoms with van der Waals surface area (Å²) in [5.74, 6) is 0.442. The summed E-state index contributed by atoms with van der Waals surface area (Å²) in [6, 6.07) is 2.21. The second kappa shape index (κ2) is 9.29. The molecule has 7 atom stereocenters. The van der Waals surface area contributed by atoms with Crippen LogP contribution in [0.25, 0.3) is 0 Å². The van der Waals surface area contributed by atoms with Crippen molar-refractivity contribution in [2.24, 2.45) is 50.2 Å². The van der Waals surface area contributed by atoms with Gasteiger partial charge in [-0.2, -0.15) is 5.26 Å². The van der Waals surface area contributed by atoms with E-state index in [1.807, 2.05) is 19.9 Å². The fourth-order valence-electron chi connectivity index (χ4n) is 9.83. The molecule has 5 heteroatoms. The molecule has 0 N–H and O–H groups in total. The molecule has 0 heterocycles. The molecule has 0 aliphatic heterocycles. The summed E-state index contributed by atoms with van der Waals surface area (Å²) in [5, 5.41) is 9.64. The lowest BCUT2D eigenvalue weighted by Crippen LogP contribution is -2.65. The first-order valence-electron chi connectivity index (χ1n) is 14.7. The van der Waals surface area contributed by atoms with Crippen LogP contribution in [0.4, 0.5) is 0 Å². The van der Waals surface area contributed by atoms with Gasteiger partial charge in [-0.15, -0.1) is 0 Å². The van der Waals surface area contributed by atoms with E-state index in [1.54, 1.807) is 0 Å². The topological polar surface area (TPSA) is 75.0 Å². The Morgan fingerprint density at radius 2 is 1.53 bits per heavy atom. The van der Waals surface area contributed by atoms with Gasteiger partial charge in [-0.3, -0.25) is 14.4 Å². The molecular weight excluding hydrogens is 494 g/mol. The molecule has 4 rings (SSSR count). The second-order valence-corrected chi connectivity index (χ2v) is 16.3. The zero-order valence-electron chi connectivity index (χ0n) is 24.9. The number of allylic oxidation sites excluding steroid dienone is 2. The van der Waals surface area contributed by atoms with E-state index in [4.69, 9.17) is 11.6 Å². The van der Waals surface area contributed by atoms with Gasteiger partial charge in [0.1, 0.15) is 11.9 Å². The van der Waals surface area contributed by atoms with Gasteiger partial charge in [0.2, 0.25) is 5.24 Å². The average molecular weight is 542 g/mol. The van der Waals surface area contributed by atoms with E-state index >= 15 is 0 Å². The van der Waals surface area contributed by atoms with Gasteiger partial charge in [0.05, 0.1) is 5.57 Å². The molecule has 0 saturated heterocycles. The maximum Gasteiger partial charge on any atom is 0.222 e. The minimum atomic E-state index is -0.629. The molecule has 210 valence electrons. The monoisotopic (exact) mass is 541 g/mol. The van der Waals surface area contributed by atoms with Crippen LogP contribution in [-0.2, 0) is 14.4 Å². The van der Waals surface area contributed by atoms with Gasteiger partial charge in [-0.25, -0.2) is 0 Å². The zero-order valence-corrected chi connectivity index (χ0v) is 25.7. The number of halogens is 1. The van der Waals surface area contributed by atoms with Crippen LogP contribution in [0.1, 0.15) is 120 Å². The summed E-state index contributed by atoms with van der Waals surface area (Å²) in [7, 11) is 0. The average Bonchev–Trinajstić information content (AvgIpc) is 2.80. The number of hydrogen-bond donors (Lipinski definition) is 0. The van der Waals surface area contributed by atoms with Gasteiger partial charge >= 0.3 is 0 Å². The van der Waals surface area contributed by atoms with Crippen LogP contribution in [0, 0.1) is 61.6 Å². The molecule has 0 aromatic carbocycles. The molecule has 0 bridgehead atoms. The summed E-state index contributed by atoms with van der Waals surface area (Å²) in [6.07, 6.45) is 10.4. The highest BCUT2D eigenvalue weighted by Crippen LogP contribution is 2.72. The third-order valence-electron chi connectivity index (χ3n) is 12.7. The summed E-state index contributed by atoms with van der Waals surface area (Å²) in [6.45, 7) is 17.8. The van der Waals surface area contributed by atoms with Crippen molar-refractivity contribution in [2.45, 2.75) is 120 Å². The Bertz CT molecular complexity index is 1110. The number of carbonyl (C=O) groups excluding carboxylic acids is 3. The van der Waals surface area contributed by atoms with Crippen LogP contribution in [0.15, 0.2) is 11.6 Å². The fourth-order valence-corrected chi connectivity index (χ4v) is 10.1. The number of hydrogen-bond acceptors (Lipinski definition) is 4. The molecule has 4 aliphatic rings. The highest BCUT2D eigenvalue weighted by atomic mass is 35.5. The SMILES string of the molecule is CC1(C)CCC2C(=O)C[C@@H]3[C@@]4(C)C=C(C#N)C(=O)C(C)(C)[C@@H]4CC[C@@]3(C)[C@]2(C)CC[C@@](C)(CC(=O)Cl)CC1. The number of rotatable bonds is 2. The number of fused-ring (bicyclic) bond motifs is 5. The van der Waals surface area contributed by atoms with Crippen LogP contribution >= 0.6 is 11.6 Å². The highest BCUT2D eigenvalue weighted by Gasteiger charge is 2.68. The molecule has 3 saturated carbocycles. The molecule has 1 unspecified atom stereocenters. The lowest BCUT2D eigenvalue weighted by molar-refractivity contribution is -0.191. The molecule has 0 aromatic rings. The fraction of sp³-hybridized carbons (Fsp3) is 0.818. The Labute approximate surface area is 235 Å². The van der Waals surface area contributed by atoms with Gasteiger partial charge in [0.15, 0.2) is 5.78 Å². The van der Waals surface area contributed by atoms with Crippen molar-refractivity contribution in [2.75, 3.05) is 0 Å². The van der Waals surface area contributed by atoms with Crippen LogP contribution in [-0.4, -0.2) is 16.8 Å². The summed E-state index contributed by atoms with van der Waals surface area (Å²) < 4.78 is 0. The Morgan fingerprint density at radius 1 is 0.895 bits per heavy atom. The second-order valence-electron chi connectivity index (χ2n) is 15.8. The maximum atomic E-state index is 14.2. The van der Waals surface area contributed by atoms with Crippen LogP contribution in [0.2, 0.25) is 0 Å². The molecule has 4 nitrogen and oxygen atoms in total. The molecule has 0 amide bonds. The lowest BCUT2D eigenvalue weighted by atomic mass is 9.35. The van der Waals surface area contributed by atoms with Crippen molar-refractivity contribution >= 4 is 28.4 Å². The van der Waals surface area contributed by atoms with Crippen molar-refractivity contribution in [3.63, 3.8) is 0 Å². The number of ketones is 2. The molecule has 0 spiro atoms. The zero-order chi connectivity index (χ0) is 28.5. The standard InChI is InChI=1S/C33H48ClNO3/c1-28(2)11-9-22-23(36)17-25-31(6)18-21(20-35)27(38)29(3,4)24(31)10-12-33(25,8)32(22,7)16-15-30(5,14-13-28)19-26(34)37/h18,22,24-25H,9-17,19H2,1-8H3/t22?,24-,25+,30-,31-,32+,33+/m0/s1. The van der Waals surface area contributed by atoms with Crippen LogP contribution in [0.3, 0.4) is 0 Å². The van der Waals surface area contributed by atoms with Crippen molar-refractivity contribution in [3.8, 4) is 6.07 Å². The number of Topliss-reactive ketones (excluding diaryl/α,β-unsaturated/α-hetero) is 2. The summed E-state index contributed by atoms with van der Waals surface area (Å²) in [4.78, 5) is 39.6. The third-order valence-corrected chi connectivity index (χ3v) is 12.8. The van der Waals surface area contributed by atoms with Gasteiger partial charge in [-0.1, -0.05) is 61.5 Å². The molecule has 0 aromatic heterocycles. The summed E-state index contributed by atoms with van der Waals surface area (Å²) >= 11 is 5.98. The first-order chi connectivity index (χ1) is 17.4. The highest BCUT2D eigenvalue weighted by molar-refractivity contribution is 6.63. The normalized spacial score (nSPS) is 44.5. The van der Waals surface area contributed by atoms with E-state index in [2.05, 4.69) is 47.6 Å². The van der Waals surface area contributed by atoms with Gasteiger partial charge in [-0.05, 0) is 102 Å². The molecule has 38 heavy (non-hydrogen) atoms. The van der Waals surface area contributed by atoms with Gasteiger partial charge in [0.25, 0.3) is 0 Å². The first-order valence-corrected chi connectivity index (χ1v) is 15.1. The smallest absolute Gasteiger partial charge is 0.222 e. The van der Waals surface area contributed by atoms with E-state index in [9.17, 15) is 19.6 Å². The quantitative estimate of drug-likeness (QED) is 0.330. The van der Waals surface area contributed by atoms with Gasteiger partial charge in [0, 0.05) is 24.2 Å². The Kier molecular flexibility index (Phi) is 7.21. The molecule has 0 radical (unpaired) electrons. The molecular formula is C33H48ClNO3. The van der Waals surface area contributed by atoms with Crippen molar-refractivity contribution < 1.29 is 14.4 Å². The van der Waals surface area contributed by atoms with E-state index in [0.29, 0.717) is 18.6 Å². The molecule has 3 fully saturated rings. The lowest BCUT2D eigenvalue weighted by Gasteiger charge is -2.68. The van der Waals surface area contributed by atoms with Crippen LogP contribution < -0.4 is 0 Å². The Balaban J connectivity index is 1.84.